The number of aromatic nitrogens is 3. The molecule has 5 atom stereocenters. The zero-order valence-electron chi connectivity index (χ0n) is 22.0. The van der Waals surface area contributed by atoms with Crippen molar-refractivity contribution < 1.29 is 33.7 Å². The van der Waals surface area contributed by atoms with Crippen LogP contribution in [-0.4, -0.2) is 71.1 Å². The summed E-state index contributed by atoms with van der Waals surface area (Å²) in [5, 5.41) is 17.4. The maximum atomic E-state index is 12.3. The first-order valence-electron chi connectivity index (χ1n) is 12.6. The number of β-lactam (4-membered cyclic amide) rings is 1. The highest BCUT2D eigenvalue weighted by atomic mass is 28.4. The fraction of sp³-hybridized carbons (Fsp3) is 0.600. The van der Waals surface area contributed by atoms with E-state index in [1.807, 2.05) is 38.3 Å². The Labute approximate surface area is 217 Å². The van der Waals surface area contributed by atoms with Crippen molar-refractivity contribution in [2.75, 3.05) is 18.6 Å². The lowest BCUT2D eigenvalue weighted by atomic mass is 9.86. The zero-order valence-corrected chi connectivity index (χ0v) is 23.0. The second-order valence-electron chi connectivity index (χ2n) is 10.3. The molecule has 0 saturated carbocycles. The first-order chi connectivity index (χ1) is 17.5. The van der Waals surface area contributed by atoms with Crippen molar-refractivity contribution >= 4 is 25.9 Å². The van der Waals surface area contributed by atoms with Crippen molar-refractivity contribution in [1.82, 2.24) is 15.0 Å². The number of methoxy groups -OCH3 is 1. The van der Waals surface area contributed by atoms with Gasteiger partial charge in [0.15, 0.2) is 14.5 Å². The van der Waals surface area contributed by atoms with Crippen molar-refractivity contribution in [2.45, 2.75) is 76.7 Å². The maximum Gasteiger partial charge on any atom is 0.304 e. The molecule has 11 nitrogen and oxygen atoms in total. The monoisotopic (exact) mass is 532 g/mol. The van der Waals surface area contributed by atoms with E-state index in [0.717, 1.165) is 11.3 Å². The molecule has 3 heterocycles. The Bertz CT molecular complexity index is 1130. The van der Waals surface area contributed by atoms with Gasteiger partial charge in [-0.2, -0.15) is 0 Å². The third-order valence-corrected chi connectivity index (χ3v) is 9.66. The number of aliphatic hydroxyl groups is 1. The van der Waals surface area contributed by atoms with Crippen LogP contribution in [0.3, 0.4) is 0 Å². The number of carbonyl (C=O) groups excluding carboxylic acids is 2. The van der Waals surface area contributed by atoms with E-state index in [2.05, 4.69) is 10.3 Å². The molecule has 37 heavy (non-hydrogen) atoms. The van der Waals surface area contributed by atoms with Crippen LogP contribution in [-0.2, 0) is 32.0 Å². The summed E-state index contributed by atoms with van der Waals surface area (Å²) in [6, 6.07) is 5.45. The van der Waals surface area contributed by atoms with E-state index in [1.54, 1.807) is 17.9 Å². The number of hydrogen-bond donors (Lipinski definition) is 2. The van der Waals surface area contributed by atoms with Crippen LogP contribution in [0.5, 0.6) is 5.75 Å². The summed E-state index contributed by atoms with van der Waals surface area (Å²) in [6.45, 7) is 7.78. The van der Waals surface area contributed by atoms with Gasteiger partial charge in [0, 0.05) is 62.5 Å². The molecule has 2 N–H and O–H groups in total. The fourth-order valence-electron chi connectivity index (χ4n) is 5.37. The van der Waals surface area contributed by atoms with E-state index in [4.69, 9.17) is 19.3 Å². The molecule has 0 bridgehead atoms. The number of esters is 1. The number of carbonyl (C=O) groups is 2. The Kier molecular flexibility index (Phi) is 8.02. The van der Waals surface area contributed by atoms with Crippen LogP contribution in [0.4, 0.5) is 5.69 Å². The van der Waals surface area contributed by atoms with Gasteiger partial charge < -0.3 is 24.1 Å². The Hall–Kier alpha value is -2.80. The van der Waals surface area contributed by atoms with Gasteiger partial charge in [0.2, 0.25) is 5.91 Å². The number of benzene rings is 1. The predicted octanol–water partition coefficient (Wildman–Crippen LogP) is 2.18. The van der Waals surface area contributed by atoms with Gasteiger partial charge in [0.25, 0.3) is 0 Å². The van der Waals surface area contributed by atoms with Crippen molar-refractivity contribution in [1.29, 1.82) is 0 Å². The maximum absolute atomic E-state index is 12.3. The van der Waals surface area contributed by atoms with Gasteiger partial charge in [-0.3, -0.25) is 19.2 Å². The Balaban J connectivity index is 1.57. The van der Waals surface area contributed by atoms with Crippen LogP contribution in [0.1, 0.15) is 44.1 Å². The van der Waals surface area contributed by atoms with Gasteiger partial charge in [-0.1, -0.05) is 12.1 Å². The minimum Gasteiger partial charge on any atom is -0.490 e. The number of fused-ring (bicyclic) bond motifs is 1. The minimum absolute atomic E-state index is 0.0151. The Morgan fingerprint density at radius 2 is 2.11 bits per heavy atom. The number of anilines is 1. The molecule has 2 aromatic rings. The largest absolute Gasteiger partial charge is 0.490 e. The molecule has 4 rings (SSSR count). The zero-order chi connectivity index (χ0) is 26.9. The normalized spacial score (nSPS) is 24.2. The van der Waals surface area contributed by atoms with E-state index in [9.17, 15) is 14.4 Å². The third-order valence-electron chi connectivity index (χ3n) is 7.23. The van der Waals surface area contributed by atoms with Gasteiger partial charge in [-0.05, 0) is 37.7 Å². The number of rotatable bonds is 10. The number of ether oxygens (including phenoxy) is 3. The number of aryl methyl sites for hydroxylation is 1. The van der Waals surface area contributed by atoms with Crippen molar-refractivity contribution in [3.63, 3.8) is 0 Å². The van der Waals surface area contributed by atoms with Crippen LogP contribution in [0, 0.1) is 5.92 Å². The molecule has 1 saturated heterocycles. The molecule has 2 aliphatic heterocycles. The summed E-state index contributed by atoms with van der Waals surface area (Å²) in [5.41, 5.74) is 2.04. The third kappa shape index (κ3) is 5.71. The average molecular weight is 533 g/mol. The van der Waals surface area contributed by atoms with Crippen LogP contribution < -0.4 is 9.64 Å². The summed E-state index contributed by atoms with van der Waals surface area (Å²) in [5.74, 6) is -0.00258. The predicted molar refractivity (Wildman–Crippen MR) is 136 cm³/mol. The summed E-state index contributed by atoms with van der Waals surface area (Å²) in [7, 11) is -1.04. The molecule has 0 spiro atoms. The Morgan fingerprint density at radius 3 is 2.73 bits per heavy atom. The van der Waals surface area contributed by atoms with Gasteiger partial charge in [0.1, 0.15) is 11.9 Å². The van der Waals surface area contributed by atoms with Gasteiger partial charge in [-0.15, -0.1) is 5.10 Å². The average Bonchev–Trinajstić information content (AvgIpc) is 3.25. The smallest absolute Gasteiger partial charge is 0.304 e. The highest BCUT2D eigenvalue weighted by Gasteiger charge is 2.47. The minimum atomic E-state index is -2.68. The molecule has 0 aliphatic carbocycles. The molecule has 2 aliphatic rings. The molecule has 202 valence electrons. The van der Waals surface area contributed by atoms with E-state index < -0.39 is 20.5 Å². The van der Waals surface area contributed by atoms with E-state index in [1.165, 1.54) is 11.8 Å². The molecule has 12 heteroatoms. The van der Waals surface area contributed by atoms with Crippen LogP contribution in [0.2, 0.25) is 18.6 Å². The van der Waals surface area contributed by atoms with Crippen molar-refractivity contribution in [2.24, 2.45) is 5.92 Å². The first kappa shape index (κ1) is 27.2. The second-order valence-corrected chi connectivity index (χ2v) is 14.4. The number of nitrogens with zero attached hydrogens (tertiary/aromatic N) is 4. The highest BCUT2D eigenvalue weighted by Crippen LogP contribution is 2.48. The highest BCUT2D eigenvalue weighted by molar-refractivity contribution is 6.71. The quantitative estimate of drug-likeness (QED) is 0.268. The molecule has 1 fully saturated rings. The lowest BCUT2D eigenvalue weighted by Gasteiger charge is -2.44. The van der Waals surface area contributed by atoms with E-state index in [-0.39, 0.29) is 42.6 Å². The topological polar surface area (TPSA) is 136 Å². The van der Waals surface area contributed by atoms with Gasteiger partial charge in [0.05, 0.1) is 18.2 Å². The molecule has 0 radical (unpaired) electrons. The lowest BCUT2D eigenvalue weighted by molar-refractivity contribution is -0.153. The van der Waals surface area contributed by atoms with Crippen molar-refractivity contribution in [3.8, 4) is 5.75 Å². The van der Waals surface area contributed by atoms with Crippen LogP contribution in [0.15, 0.2) is 24.4 Å². The molecular weight excluding hydrogens is 496 g/mol. The van der Waals surface area contributed by atoms with Crippen LogP contribution >= 0.6 is 0 Å². The SMILES string of the molecule is CO[C@H]1c2cc(N3C(=O)CC3OC(C)=O)ccc2O[C@@H](C(CCn2cc(CCO)nn2)[Si](C)(C)O)[C@@H]1C. The molecule has 1 aromatic heterocycles. The standard InChI is InChI=1S/C25H36N4O7Si/c1-15-24(34-3)19-12-18(29-22(32)13-23(29)35-16(2)31)6-7-20(19)36-25(15)21(37(4,5)33)8-10-28-14-17(9-11-30)26-27-28/h6-7,12,14-15,21,23-25,30,33H,8-11,13H2,1-5H3/t15-,21?,23?,24-,25-/m1/s1. The summed E-state index contributed by atoms with van der Waals surface area (Å²) in [6.07, 6.45) is 1.84. The van der Waals surface area contributed by atoms with E-state index in [0.29, 0.717) is 30.8 Å². The van der Waals surface area contributed by atoms with Crippen LogP contribution in [0.25, 0.3) is 0 Å². The van der Waals surface area contributed by atoms with E-state index >= 15 is 0 Å². The summed E-state index contributed by atoms with van der Waals surface area (Å²) >= 11 is 0. The fourth-order valence-corrected chi connectivity index (χ4v) is 7.38. The molecular formula is C25H36N4O7Si. The number of amides is 1. The second kappa shape index (κ2) is 10.9. The Morgan fingerprint density at radius 1 is 1.35 bits per heavy atom. The lowest BCUT2D eigenvalue weighted by Crippen LogP contribution is -2.55. The summed E-state index contributed by atoms with van der Waals surface area (Å²) in [4.78, 5) is 36.5. The molecule has 1 aromatic carbocycles. The van der Waals surface area contributed by atoms with Gasteiger partial charge in [-0.25, -0.2) is 0 Å². The first-order valence-corrected chi connectivity index (χ1v) is 15.6. The molecule has 1 amide bonds. The van der Waals surface area contributed by atoms with Gasteiger partial charge >= 0.3 is 5.97 Å². The van der Waals surface area contributed by atoms with Crippen molar-refractivity contribution in [3.05, 3.63) is 35.7 Å². The number of hydrogen-bond acceptors (Lipinski definition) is 9. The molecule has 2 unspecified atom stereocenters. The summed E-state index contributed by atoms with van der Waals surface area (Å²) < 4.78 is 19.5. The number of aliphatic hydroxyl groups excluding tert-OH is 1.